The van der Waals surface area contributed by atoms with Gasteiger partial charge in [-0.05, 0) is 43.1 Å². The fourth-order valence-electron chi connectivity index (χ4n) is 2.99. The topological polar surface area (TPSA) is 49.2 Å². The van der Waals surface area contributed by atoms with Crippen LogP contribution in [0.5, 0.6) is 0 Å². The predicted molar refractivity (Wildman–Crippen MR) is 88.5 cm³/mol. The zero-order valence-corrected chi connectivity index (χ0v) is 13.2. The molecule has 0 aliphatic carbocycles. The summed E-state index contributed by atoms with van der Waals surface area (Å²) in [7, 11) is 0. The van der Waals surface area contributed by atoms with Crippen molar-refractivity contribution in [2.45, 2.75) is 32.1 Å². The molecule has 1 fully saturated rings. The Morgan fingerprint density at radius 3 is 2.91 bits per heavy atom. The molecule has 1 aliphatic rings. The number of hydrogen-bond acceptors (Lipinski definition) is 4. The highest BCUT2D eigenvalue weighted by Crippen LogP contribution is 2.18. The van der Waals surface area contributed by atoms with Crippen LogP contribution in [0, 0.1) is 11.3 Å². The summed E-state index contributed by atoms with van der Waals surface area (Å²) in [6, 6.07) is 16.0. The molecule has 1 aliphatic heterocycles. The molecule has 2 heterocycles. The van der Waals surface area contributed by atoms with Crippen LogP contribution in [-0.2, 0) is 17.9 Å². The summed E-state index contributed by atoms with van der Waals surface area (Å²) >= 11 is 0. The van der Waals surface area contributed by atoms with E-state index in [1.807, 2.05) is 42.5 Å². The summed E-state index contributed by atoms with van der Waals surface area (Å²) in [6.07, 6.45) is 4.25. The van der Waals surface area contributed by atoms with Crippen molar-refractivity contribution < 1.29 is 4.74 Å². The van der Waals surface area contributed by atoms with Gasteiger partial charge in [-0.2, -0.15) is 5.26 Å². The molecule has 0 bridgehead atoms. The lowest BCUT2D eigenvalue weighted by molar-refractivity contribution is -0.0132. The maximum absolute atomic E-state index is 9.21. The quantitative estimate of drug-likeness (QED) is 0.851. The molecule has 4 heteroatoms. The van der Waals surface area contributed by atoms with Gasteiger partial charge in [0.25, 0.3) is 0 Å². The van der Waals surface area contributed by atoms with Crippen LogP contribution >= 0.6 is 0 Å². The predicted octanol–water partition coefficient (Wildman–Crippen LogP) is 3.13. The third-order valence-corrected chi connectivity index (χ3v) is 4.19. The lowest BCUT2D eigenvalue weighted by Gasteiger charge is -2.32. The molecule has 23 heavy (non-hydrogen) atoms. The second-order valence-electron chi connectivity index (χ2n) is 5.90. The highest BCUT2D eigenvalue weighted by atomic mass is 16.5. The van der Waals surface area contributed by atoms with Gasteiger partial charge in [0, 0.05) is 19.3 Å². The minimum atomic E-state index is 0.236. The molecule has 2 aromatic rings. The average molecular weight is 307 g/mol. The summed E-state index contributed by atoms with van der Waals surface area (Å²) in [5.41, 5.74) is 2.84. The van der Waals surface area contributed by atoms with Crippen molar-refractivity contribution in [3.8, 4) is 6.07 Å². The number of likely N-dealkylation sites (tertiary alicyclic amines) is 1. The maximum atomic E-state index is 9.21. The largest absolute Gasteiger partial charge is 0.371 e. The van der Waals surface area contributed by atoms with Gasteiger partial charge in [-0.1, -0.05) is 24.3 Å². The van der Waals surface area contributed by atoms with Crippen molar-refractivity contribution >= 4 is 0 Å². The number of hydrogen-bond donors (Lipinski definition) is 0. The van der Waals surface area contributed by atoms with Gasteiger partial charge in [-0.15, -0.1) is 0 Å². The molecule has 0 unspecified atom stereocenters. The Morgan fingerprint density at radius 2 is 2.09 bits per heavy atom. The van der Waals surface area contributed by atoms with E-state index >= 15 is 0 Å². The number of ether oxygens (including phenoxy) is 1. The van der Waals surface area contributed by atoms with Gasteiger partial charge < -0.3 is 4.74 Å². The summed E-state index contributed by atoms with van der Waals surface area (Å²) in [4.78, 5) is 6.68. The Bertz CT molecular complexity index is 666. The van der Waals surface area contributed by atoms with Crippen molar-refractivity contribution in [2.24, 2.45) is 0 Å². The Balaban J connectivity index is 1.55. The Labute approximate surface area is 137 Å². The van der Waals surface area contributed by atoms with Gasteiger partial charge in [-0.25, -0.2) is 0 Å². The second-order valence-corrected chi connectivity index (χ2v) is 5.90. The normalized spacial score (nSPS) is 18.5. The first-order valence-electron chi connectivity index (χ1n) is 8.07. The van der Waals surface area contributed by atoms with E-state index in [1.165, 1.54) is 0 Å². The minimum absolute atomic E-state index is 0.236. The molecule has 1 atom stereocenters. The van der Waals surface area contributed by atoms with Crippen LogP contribution in [0.15, 0.2) is 48.7 Å². The second kappa shape index (κ2) is 7.87. The molecule has 0 radical (unpaired) electrons. The highest BCUT2D eigenvalue weighted by molar-refractivity contribution is 5.37. The van der Waals surface area contributed by atoms with Crippen LogP contribution in [0.1, 0.15) is 29.7 Å². The molecule has 1 saturated heterocycles. The van der Waals surface area contributed by atoms with Crippen molar-refractivity contribution in [1.29, 1.82) is 5.26 Å². The van der Waals surface area contributed by atoms with E-state index in [-0.39, 0.29) is 6.10 Å². The standard InChI is InChI=1S/C19H21N3O/c20-12-16-6-1-2-7-17(16)13-22-11-5-9-19(14-22)23-15-18-8-3-4-10-21-18/h1-4,6-8,10,19H,5,9,11,13-15H2/t19-/m0/s1. The van der Waals surface area contributed by atoms with Gasteiger partial charge in [0.2, 0.25) is 0 Å². The zero-order chi connectivity index (χ0) is 15.9. The number of piperidine rings is 1. The van der Waals surface area contributed by atoms with E-state index in [9.17, 15) is 5.26 Å². The number of pyridine rings is 1. The lowest BCUT2D eigenvalue weighted by atomic mass is 10.0. The third-order valence-electron chi connectivity index (χ3n) is 4.19. The van der Waals surface area contributed by atoms with Crippen LogP contribution in [0.4, 0.5) is 0 Å². The summed E-state index contributed by atoms with van der Waals surface area (Å²) in [5, 5.41) is 9.21. The van der Waals surface area contributed by atoms with Gasteiger partial charge in [0.05, 0.1) is 30.0 Å². The van der Waals surface area contributed by atoms with Crippen LogP contribution in [0.2, 0.25) is 0 Å². The Kier molecular flexibility index (Phi) is 5.36. The molecule has 1 aromatic carbocycles. The first kappa shape index (κ1) is 15.7. The molecule has 0 saturated carbocycles. The van der Waals surface area contributed by atoms with Crippen molar-refractivity contribution in [1.82, 2.24) is 9.88 Å². The van der Waals surface area contributed by atoms with Crippen molar-refractivity contribution in [3.05, 3.63) is 65.5 Å². The number of benzene rings is 1. The molecule has 3 rings (SSSR count). The molecule has 0 N–H and O–H groups in total. The van der Waals surface area contributed by atoms with E-state index in [4.69, 9.17) is 4.74 Å². The number of nitriles is 1. The molecule has 4 nitrogen and oxygen atoms in total. The molecular formula is C19H21N3O. The molecule has 0 spiro atoms. The van der Waals surface area contributed by atoms with E-state index < -0.39 is 0 Å². The van der Waals surface area contributed by atoms with Crippen molar-refractivity contribution in [3.63, 3.8) is 0 Å². The molecular weight excluding hydrogens is 286 g/mol. The fourth-order valence-corrected chi connectivity index (χ4v) is 2.99. The number of rotatable bonds is 5. The number of nitrogens with zero attached hydrogens (tertiary/aromatic N) is 3. The van der Waals surface area contributed by atoms with E-state index in [2.05, 4.69) is 16.0 Å². The van der Waals surface area contributed by atoms with E-state index in [1.54, 1.807) is 6.20 Å². The summed E-state index contributed by atoms with van der Waals surface area (Å²) in [5.74, 6) is 0. The first-order valence-corrected chi connectivity index (χ1v) is 8.07. The summed E-state index contributed by atoms with van der Waals surface area (Å²) < 4.78 is 6.02. The highest BCUT2D eigenvalue weighted by Gasteiger charge is 2.21. The average Bonchev–Trinajstić information content (AvgIpc) is 2.62. The van der Waals surface area contributed by atoms with Crippen LogP contribution < -0.4 is 0 Å². The molecule has 118 valence electrons. The van der Waals surface area contributed by atoms with Crippen molar-refractivity contribution in [2.75, 3.05) is 13.1 Å². The monoisotopic (exact) mass is 307 g/mol. The Hall–Kier alpha value is -2.22. The molecule has 1 aromatic heterocycles. The van der Waals surface area contributed by atoms with Gasteiger partial charge in [-0.3, -0.25) is 9.88 Å². The van der Waals surface area contributed by atoms with E-state index in [0.29, 0.717) is 6.61 Å². The SMILES string of the molecule is N#Cc1ccccc1CN1CCC[C@H](OCc2ccccn2)C1. The van der Waals surface area contributed by atoms with Gasteiger partial charge >= 0.3 is 0 Å². The van der Waals surface area contributed by atoms with Crippen LogP contribution in [0.25, 0.3) is 0 Å². The third kappa shape index (κ3) is 4.38. The smallest absolute Gasteiger partial charge is 0.0995 e. The minimum Gasteiger partial charge on any atom is -0.371 e. The Morgan fingerprint density at radius 1 is 1.22 bits per heavy atom. The van der Waals surface area contributed by atoms with Gasteiger partial charge in [0.15, 0.2) is 0 Å². The first-order chi connectivity index (χ1) is 11.3. The van der Waals surface area contributed by atoms with Crippen LogP contribution in [0.3, 0.4) is 0 Å². The molecule has 0 amide bonds. The van der Waals surface area contributed by atoms with Crippen LogP contribution in [-0.4, -0.2) is 29.1 Å². The zero-order valence-electron chi connectivity index (χ0n) is 13.2. The van der Waals surface area contributed by atoms with Gasteiger partial charge in [0.1, 0.15) is 0 Å². The lowest BCUT2D eigenvalue weighted by Crippen LogP contribution is -2.39. The summed E-state index contributed by atoms with van der Waals surface area (Å²) in [6.45, 7) is 3.34. The number of aromatic nitrogens is 1. The maximum Gasteiger partial charge on any atom is 0.0995 e. The fraction of sp³-hybridized carbons (Fsp3) is 0.368. The van der Waals surface area contributed by atoms with E-state index in [0.717, 1.165) is 49.3 Å².